The topological polar surface area (TPSA) is 135 Å². The molecule has 2 amide bonds. The van der Waals surface area contributed by atoms with Gasteiger partial charge in [-0.2, -0.15) is 15.4 Å². The monoisotopic (exact) mass is 613 g/mol. The number of aryl methyl sites for hydroxylation is 1. The van der Waals surface area contributed by atoms with Crippen molar-refractivity contribution in [3.8, 4) is 23.0 Å². The Hall–Kier alpha value is -5.23. The van der Waals surface area contributed by atoms with Gasteiger partial charge in [0.1, 0.15) is 23.5 Å². The minimum absolute atomic E-state index is 0.235. The number of rotatable bonds is 8. The average molecular weight is 614 g/mol. The van der Waals surface area contributed by atoms with Gasteiger partial charge in [-0.25, -0.2) is 28.2 Å². The SMILES string of the molecule is COCCN1C[C@@H](NC(=O)Nc2c(C)c(-c3cnc4c(c3)nc(C#N)n4C)nn2-c2ccccc2)[C@H](c2ccc(F)c(F)c2)O1. The number of urea groups is 1. The zero-order chi connectivity index (χ0) is 31.7. The molecule has 2 N–H and O–H groups in total. The largest absolute Gasteiger partial charge is 0.383 e. The molecule has 0 saturated carbocycles. The summed E-state index contributed by atoms with van der Waals surface area (Å²) >= 11 is 0. The van der Waals surface area contributed by atoms with E-state index >= 15 is 0 Å². The first-order valence-electron chi connectivity index (χ1n) is 14.1. The lowest BCUT2D eigenvalue weighted by Gasteiger charge is -2.20. The number of nitrogens with zero attached hydrogens (tertiary/aromatic N) is 7. The summed E-state index contributed by atoms with van der Waals surface area (Å²) in [6.07, 6.45) is 0.879. The van der Waals surface area contributed by atoms with Crippen molar-refractivity contribution in [1.29, 1.82) is 5.26 Å². The summed E-state index contributed by atoms with van der Waals surface area (Å²) in [5.41, 5.74) is 4.05. The zero-order valence-corrected chi connectivity index (χ0v) is 24.7. The van der Waals surface area contributed by atoms with E-state index in [1.807, 2.05) is 37.3 Å². The molecular weight excluding hydrogens is 584 g/mol. The van der Waals surface area contributed by atoms with E-state index in [1.165, 1.54) is 6.07 Å². The van der Waals surface area contributed by atoms with Crippen LogP contribution in [0.2, 0.25) is 0 Å². The fourth-order valence-electron chi connectivity index (χ4n) is 5.32. The minimum Gasteiger partial charge on any atom is -0.383 e. The number of aromatic nitrogens is 5. The number of ether oxygens (including phenoxy) is 1. The molecule has 1 aliphatic rings. The zero-order valence-electron chi connectivity index (χ0n) is 24.7. The van der Waals surface area contributed by atoms with E-state index in [4.69, 9.17) is 14.7 Å². The van der Waals surface area contributed by atoms with Crippen molar-refractivity contribution in [3.63, 3.8) is 0 Å². The Morgan fingerprint density at radius 2 is 1.98 bits per heavy atom. The van der Waals surface area contributed by atoms with Gasteiger partial charge in [-0.3, -0.25) is 10.2 Å². The molecule has 0 bridgehead atoms. The predicted octanol–water partition coefficient (Wildman–Crippen LogP) is 4.40. The second-order valence-electron chi connectivity index (χ2n) is 10.5. The molecule has 3 aromatic heterocycles. The van der Waals surface area contributed by atoms with Gasteiger partial charge in [0.05, 0.1) is 24.0 Å². The van der Waals surface area contributed by atoms with Gasteiger partial charge in [0.25, 0.3) is 0 Å². The van der Waals surface area contributed by atoms with Crippen LogP contribution >= 0.6 is 0 Å². The van der Waals surface area contributed by atoms with E-state index in [2.05, 4.69) is 26.7 Å². The highest BCUT2D eigenvalue weighted by Gasteiger charge is 2.37. The van der Waals surface area contributed by atoms with Crippen molar-refractivity contribution < 1.29 is 23.1 Å². The summed E-state index contributed by atoms with van der Waals surface area (Å²) in [4.78, 5) is 28.4. The van der Waals surface area contributed by atoms with Gasteiger partial charge in [-0.15, -0.1) is 0 Å². The number of para-hydroxylation sites is 1. The van der Waals surface area contributed by atoms with E-state index < -0.39 is 29.8 Å². The number of hydrogen-bond acceptors (Lipinski definition) is 8. The van der Waals surface area contributed by atoms with Crippen molar-refractivity contribution >= 4 is 23.0 Å². The second kappa shape index (κ2) is 12.4. The van der Waals surface area contributed by atoms with Crippen molar-refractivity contribution in [3.05, 3.63) is 89.4 Å². The number of halogens is 2. The maximum absolute atomic E-state index is 14.1. The predicted molar refractivity (Wildman–Crippen MR) is 160 cm³/mol. The number of hydrogen-bond donors (Lipinski definition) is 2. The quantitative estimate of drug-likeness (QED) is 0.263. The van der Waals surface area contributed by atoms with E-state index in [0.29, 0.717) is 58.2 Å². The van der Waals surface area contributed by atoms with Crippen LogP contribution in [0.15, 0.2) is 60.8 Å². The van der Waals surface area contributed by atoms with Gasteiger partial charge in [-0.1, -0.05) is 24.3 Å². The number of fused-ring (bicyclic) bond motifs is 1. The molecule has 230 valence electrons. The smallest absolute Gasteiger partial charge is 0.320 e. The third-order valence-electron chi connectivity index (χ3n) is 7.60. The Kier molecular flexibility index (Phi) is 8.22. The molecule has 1 saturated heterocycles. The summed E-state index contributed by atoms with van der Waals surface area (Å²) < 4.78 is 36.2. The number of nitriles is 1. The van der Waals surface area contributed by atoms with Crippen LogP contribution < -0.4 is 10.6 Å². The van der Waals surface area contributed by atoms with Gasteiger partial charge in [0, 0.05) is 44.6 Å². The molecule has 1 aliphatic heterocycles. The first-order chi connectivity index (χ1) is 21.8. The van der Waals surface area contributed by atoms with Crippen LogP contribution in [0.3, 0.4) is 0 Å². The number of hydroxylamine groups is 2. The lowest BCUT2D eigenvalue weighted by Crippen LogP contribution is -2.42. The van der Waals surface area contributed by atoms with Crippen LogP contribution in [0, 0.1) is 29.9 Å². The number of nitrogens with one attached hydrogen (secondary N) is 2. The number of imidazole rings is 1. The normalized spacial score (nSPS) is 16.6. The molecule has 1 fully saturated rings. The summed E-state index contributed by atoms with van der Waals surface area (Å²) in [5, 5.41) is 21.7. The molecular formula is C31H29F2N9O3. The van der Waals surface area contributed by atoms with Crippen LogP contribution in [-0.4, -0.2) is 68.3 Å². The number of amides is 2. The second-order valence-corrected chi connectivity index (χ2v) is 10.5. The molecule has 0 spiro atoms. The average Bonchev–Trinajstić information content (AvgIpc) is 3.70. The van der Waals surface area contributed by atoms with Crippen molar-refractivity contribution in [1.82, 2.24) is 34.7 Å². The van der Waals surface area contributed by atoms with Gasteiger partial charge < -0.3 is 14.6 Å². The minimum atomic E-state index is -1.01. The Morgan fingerprint density at radius 1 is 1.18 bits per heavy atom. The number of pyridine rings is 1. The van der Waals surface area contributed by atoms with E-state index in [-0.39, 0.29) is 12.4 Å². The van der Waals surface area contributed by atoms with Crippen LogP contribution in [-0.2, 0) is 16.6 Å². The Labute approximate surface area is 256 Å². The Bertz CT molecular complexity index is 1920. The summed E-state index contributed by atoms with van der Waals surface area (Å²) in [6, 6.07) is 15.5. The molecule has 4 heterocycles. The molecule has 45 heavy (non-hydrogen) atoms. The van der Waals surface area contributed by atoms with Gasteiger partial charge in [0.15, 0.2) is 17.3 Å². The fourth-order valence-corrected chi connectivity index (χ4v) is 5.32. The van der Waals surface area contributed by atoms with Crippen LogP contribution in [0.5, 0.6) is 0 Å². The summed E-state index contributed by atoms with van der Waals surface area (Å²) in [6.45, 7) is 2.89. The molecule has 2 aromatic carbocycles. The number of methoxy groups -OCH3 is 1. The van der Waals surface area contributed by atoms with Crippen molar-refractivity contribution in [2.45, 2.75) is 19.1 Å². The van der Waals surface area contributed by atoms with Crippen molar-refractivity contribution in [2.24, 2.45) is 7.05 Å². The Morgan fingerprint density at radius 3 is 2.71 bits per heavy atom. The first kappa shape index (κ1) is 29.8. The highest BCUT2D eigenvalue weighted by molar-refractivity contribution is 5.91. The fraction of sp³-hybridized carbons (Fsp3) is 0.258. The van der Waals surface area contributed by atoms with Crippen LogP contribution in [0.4, 0.5) is 19.4 Å². The molecule has 14 heteroatoms. The third kappa shape index (κ3) is 5.84. The number of carbonyl (C=O) groups excluding carboxylic acids is 1. The highest BCUT2D eigenvalue weighted by Crippen LogP contribution is 2.33. The maximum Gasteiger partial charge on any atom is 0.320 e. The van der Waals surface area contributed by atoms with Crippen LogP contribution in [0.25, 0.3) is 28.1 Å². The molecule has 5 aromatic rings. The Balaban J connectivity index is 1.32. The van der Waals surface area contributed by atoms with Gasteiger partial charge in [0.2, 0.25) is 5.82 Å². The summed E-state index contributed by atoms with van der Waals surface area (Å²) in [7, 11) is 3.28. The molecule has 12 nitrogen and oxygen atoms in total. The first-order valence-corrected chi connectivity index (χ1v) is 14.1. The lowest BCUT2D eigenvalue weighted by atomic mass is 10.0. The highest BCUT2D eigenvalue weighted by atomic mass is 19.2. The van der Waals surface area contributed by atoms with E-state index in [9.17, 15) is 18.8 Å². The number of benzene rings is 2. The molecule has 2 atom stereocenters. The molecule has 0 unspecified atom stereocenters. The van der Waals surface area contributed by atoms with Gasteiger partial charge >= 0.3 is 6.03 Å². The van der Waals surface area contributed by atoms with Crippen LogP contribution in [0.1, 0.15) is 23.1 Å². The van der Waals surface area contributed by atoms with Crippen molar-refractivity contribution in [2.75, 3.05) is 32.1 Å². The van der Waals surface area contributed by atoms with E-state index in [0.717, 1.165) is 12.1 Å². The number of carbonyl (C=O) groups is 1. The number of anilines is 1. The maximum atomic E-state index is 14.1. The third-order valence-corrected chi connectivity index (χ3v) is 7.60. The summed E-state index contributed by atoms with van der Waals surface area (Å²) in [5.74, 6) is -1.34. The van der Waals surface area contributed by atoms with E-state index in [1.54, 1.807) is 40.7 Å². The molecule has 0 radical (unpaired) electrons. The standard InChI is InChI=1S/C31H29F2N9O3/c1-18-27(20-14-24-30(35-16-20)40(2)26(15-34)36-24)39-42(21-7-5-4-6-8-21)29(18)38-31(43)37-25-17-41(11-12-44-3)45-28(25)19-9-10-22(32)23(33)13-19/h4-10,13-14,16,25,28H,11-12,17H2,1-3H3,(H2,37,38,43)/t25-,28+/m1/s1. The lowest BCUT2D eigenvalue weighted by molar-refractivity contribution is -0.154. The molecule has 0 aliphatic carbocycles. The van der Waals surface area contributed by atoms with Gasteiger partial charge in [-0.05, 0) is 42.8 Å². The molecule has 6 rings (SSSR count).